The molecule has 0 fully saturated rings. The third kappa shape index (κ3) is 5.15. The van der Waals surface area contributed by atoms with Crippen LogP contribution in [0, 0.1) is 0 Å². The van der Waals surface area contributed by atoms with Crippen molar-refractivity contribution in [2.45, 2.75) is 6.61 Å². The summed E-state index contributed by atoms with van der Waals surface area (Å²) in [6.07, 6.45) is 6.64. The fourth-order valence-electron chi connectivity index (χ4n) is 3.90. The number of rotatable bonds is 7. The zero-order valence-electron chi connectivity index (χ0n) is 19.2. The van der Waals surface area contributed by atoms with Crippen molar-refractivity contribution >= 4 is 26.6 Å². The number of ether oxygens (including phenoxy) is 1. The Hall–Kier alpha value is -4.24. The summed E-state index contributed by atoms with van der Waals surface area (Å²) in [6, 6.07) is 20.7. The molecule has 3 heterocycles. The van der Waals surface area contributed by atoms with Gasteiger partial charge in [-0.05, 0) is 54.1 Å². The summed E-state index contributed by atoms with van der Waals surface area (Å²) >= 11 is 0. The average Bonchev–Trinajstić information content (AvgIpc) is 3.24. The number of benzene rings is 2. The molecule has 8 nitrogen and oxygen atoms in total. The van der Waals surface area contributed by atoms with Gasteiger partial charge in [-0.3, -0.25) is 14.4 Å². The van der Waals surface area contributed by atoms with E-state index in [1.165, 1.54) is 0 Å². The second-order valence-corrected chi connectivity index (χ2v) is 9.91. The molecule has 5 aromatic rings. The summed E-state index contributed by atoms with van der Waals surface area (Å²) in [5, 5.41) is 5.37. The van der Waals surface area contributed by atoms with E-state index in [-0.39, 0.29) is 6.61 Å². The van der Waals surface area contributed by atoms with Crippen LogP contribution >= 0.6 is 0 Å². The van der Waals surface area contributed by atoms with E-state index in [0.29, 0.717) is 22.6 Å². The second-order valence-electron chi connectivity index (χ2n) is 8.17. The fourth-order valence-corrected chi connectivity index (χ4v) is 4.47. The first-order chi connectivity index (χ1) is 16.9. The zero-order chi connectivity index (χ0) is 24.4. The van der Waals surface area contributed by atoms with Gasteiger partial charge in [-0.1, -0.05) is 18.2 Å². The molecular weight excluding hydrogens is 462 g/mol. The highest BCUT2D eigenvalue weighted by Gasteiger charge is 2.13. The molecule has 0 unspecified atom stereocenters. The fraction of sp³-hybridized carbons (Fsp3) is 0.115. The molecule has 0 spiro atoms. The van der Waals surface area contributed by atoms with Crippen molar-refractivity contribution in [1.29, 1.82) is 0 Å². The zero-order valence-corrected chi connectivity index (χ0v) is 20.0. The molecule has 0 atom stereocenters. The van der Waals surface area contributed by atoms with Crippen molar-refractivity contribution < 1.29 is 13.2 Å². The first kappa shape index (κ1) is 22.5. The number of aromatic nitrogens is 4. The molecule has 0 aliphatic carbocycles. The minimum atomic E-state index is -3.44. The summed E-state index contributed by atoms with van der Waals surface area (Å²) in [4.78, 5) is 8.71. The molecule has 1 N–H and O–H groups in total. The van der Waals surface area contributed by atoms with Gasteiger partial charge in [0.05, 0.1) is 23.2 Å². The van der Waals surface area contributed by atoms with E-state index in [9.17, 15) is 8.42 Å². The number of anilines is 1. The standard InChI is InChI=1S/C26H23N5O3S/c1-31-16-23(18-11-13-27-14-12-18)26(29-31)19-7-9-21(10-8-19)34-17-20-15-25(30-35(2,32)33)22-5-3-4-6-24(22)28-20/h3-16H,17H2,1-2H3,(H,28,30). The number of pyridine rings is 2. The van der Waals surface area contributed by atoms with E-state index in [4.69, 9.17) is 4.74 Å². The lowest BCUT2D eigenvalue weighted by Crippen LogP contribution is -2.11. The van der Waals surface area contributed by atoms with Gasteiger partial charge in [0.15, 0.2) is 0 Å². The smallest absolute Gasteiger partial charge is 0.229 e. The Morgan fingerprint density at radius 1 is 0.971 bits per heavy atom. The van der Waals surface area contributed by atoms with Crippen molar-refractivity contribution in [3.8, 4) is 28.1 Å². The SMILES string of the molecule is Cn1cc(-c2ccncc2)c(-c2ccc(OCc3cc(NS(C)(=O)=O)c4ccccc4n3)cc2)n1. The molecule has 35 heavy (non-hydrogen) atoms. The van der Waals surface area contributed by atoms with Crippen molar-refractivity contribution in [3.63, 3.8) is 0 Å². The van der Waals surface area contributed by atoms with Crippen LogP contribution in [0.15, 0.2) is 85.3 Å². The molecule has 3 aromatic heterocycles. The van der Waals surface area contributed by atoms with Crippen molar-refractivity contribution in [3.05, 3.63) is 91.0 Å². The van der Waals surface area contributed by atoms with Gasteiger partial charge in [0.25, 0.3) is 0 Å². The van der Waals surface area contributed by atoms with E-state index < -0.39 is 10.0 Å². The van der Waals surface area contributed by atoms with Gasteiger partial charge < -0.3 is 4.74 Å². The van der Waals surface area contributed by atoms with Crippen LogP contribution < -0.4 is 9.46 Å². The average molecular weight is 486 g/mol. The van der Waals surface area contributed by atoms with Crippen molar-refractivity contribution in [1.82, 2.24) is 19.7 Å². The quantitative estimate of drug-likeness (QED) is 0.360. The first-order valence-electron chi connectivity index (χ1n) is 10.9. The molecular formula is C26H23N5O3S. The van der Waals surface area contributed by atoms with Crippen LogP contribution in [0.3, 0.4) is 0 Å². The van der Waals surface area contributed by atoms with Crippen LogP contribution in [0.25, 0.3) is 33.3 Å². The number of hydrogen-bond donors (Lipinski definition) is 1. The molecule has 0 radical (unpaired) electrons. The number of fused-ring (bicyclic) bond motifs is 1. The van der Waals surface area contributed by atoms with Gasteiger partial charge in [-0.25, -0.2) is 13.4 Å². The molecule has 0 aliphatic heterocycles. The third-order valence-electron chi connectivity index (χ3n) is 5.40. The highest BCUT2D eigenvalue weighted by atomic mass is 32.2. The van der Waals surface area contributed by atoms with E-state index >= 15 is 0 Å². The Morgan fingerprint density at radius 2 is 1.71 bits per heavy atom. The number of para-hydroxylation sites is 1. The number of nitrogens with one attached hydrogen (secondary N) is 1. The summed E-state index contributed by atoms with van der Waals surface area (Å²) < 4.78 is 34.0. The normalized spacial score (nSPS) is 11.5. The molecule has 0 bridgehead atoms. The van der Waals surface area contributed by atoms with E-state index in [0.717, 1.165) is 34.0 Å². The maximum Gasteiger partial charge on any atom is 0.229 e. The van der Waals surface area contributed by atoms with Crippen LogP contribution in [0.5, 0.6) is 5.75 Å². The van der Waals surface area contributed by atoms with E-state index in [2.05, 4.69) is 19.8 Å². The van der Waals surface area contributed by atoms with Gasteiger partial charge in [-0.2, -0.15) is 5.10 Å². The Bertz CT molecular complexity index is 1600. The third-order valence-corrected chi connectivity index (χ3v) is 5.99. The van der Waals surface area contributed by atoms with Gasteiger partial charge in [0.1, 0.15) is 18.1 Å². The summed E-state index contributed by atoms with van der Waals surface area (Å²) in [6.45, 7) is 0.189. The maximum atomic E-state index is 11.8. The summed E-state index contributed by atoms with van der Waals surface area (Å²) in [5.74, 6) is 0.669. The van der Waals surface area contributed by atoms with Crippen molar-refractivity contribution in [2.24, 2.45) is 7.05 Å². The van der Waals surface area contributed by atoms with Crippen LogP contribution in [0.1, 0.15) is 5.69 Å². The lowest BCUT2D eigenvalue weighted by Gasteiger charge is -2.12. The van der Waals surface area contributed by atoms with Crippen LogP contribution in [-0.2, 0) is 23.7 Å². The number of nitrogens with zero attached hydrogens (tertiary/aromatic N) is 4. The topological polar surface area (TPSA) is 99.0 Å². The lowest BCUT2D eigenvalue weighted by atomic mass is 10.0. The van der Waals surface area contributed by atoms with Crippen LogP contribution in [0.2, 0.25) is 0 Å². The first-order valence-corrected chi connectivity index (χ1v) is 12.8. The van der Waals surface area contributed by atoms with Gasteiger partial charge >= 0.3 is 0 Å². The summed E-state index contributed by atoms with van der Waals surface area (Å²) in [5.41, 5.74) is 5.69. The number of hydrogen-bond acceptors (Lipinski definition) is 6. The second kappa shape index (κ2) is 9.19. The predicted octanol–water partition coefficient (Wildman–Crippen LogP) is 4.65. The van der Waals surface area contributed by atoms with E-state index in [1.807, 2.05) is 73.9 Å². The monoisotopic (exact) mass is 485 g/mol. The lowest BCUT2D eigenvalue weighted by molar-refractivity contribution is 0.302. The largest absolute Gasteiger partial charge is 0.487 e. The van der Waals surface area contributed by atoms with Crippen LogP contribution in [-0.4, -0.2) is 34.4 Å². The predicted molar refractivity (Wildman–Crippen MR) is 136 cm³/mol. The molecule has 0 amide bonds. The highest BCUT2D eigenvalue weighted by Crippen LogP contribution is 2.31. The Kier molecular flexibility index (Phi) is 5.92. The molecule has 176 valence electrons. The Morgan fingerprint density at radius 3 is 2.46 bits per heavy atom. The molecule has 9 heteroatoms. The van der Waals surface area contributed by atoms with Crippen LogP contribution in [0.4, 0.5) is 5.69 Å². The highest BCUT2D eigenvalue weighted by molar-refractivity contribution is 7.92. The maximum absolute atomic E-state index is 11.8. The minimum absolute atomic E-state index is 0.189. The molecule has 0 saturated heterocycles. The minimum Gasteiger partial charge on any atom is -0.487 e. The van der Waals surface area contributed by atoms with Crippen molar-refractivity contribution in [2.75, 3.05) is 11.0 Å². The Balaban J connectivity index is 1.37. The summed E-state index contributed by atoms with van der Waals surface area (Å²) in [7, 11) is -1.54. The number of aryl methyl sites for hydroxylation is 1. The molecule has 0 aliphatic rings. The Labute approximate surface area is 203 Å². The van der Waals surface area contributed by atoms with E-state index in [1.54, 1.807) is 23.1 Å². The van der Waals surface area contributed by atoms with Gasteiger partial charge in [-0.15, -0.1) is 0 Å². The molecule has 0 saturated carbocycles. The molecule has 2 aromatic carbocycles. The molecule has 5 rings (SSSR count). The van der Waals surface area contributed by atoms with Gasteiger partial charge in [0, 0.05) is 42.2 Å². The van der Waals surface area contributed by atoms with Gasteiger partial charge in [0.2, 0.25) is 10.0 Å². The number of sulfonamides is 1.